The van der Waals surface area contributed by atoms with Crippen LogP contribution in [0.1, 0.15) is 6.42 Å². The average Bonchev–Trinajstić information content (AvgIpc) is 3.07. The van der Waals surface area contributed by atoms with E-state index in [-0.39, 0.29) is 17.4 Å². The summed E-state index contributed by atoms with van der Waals surface area (Å²) in [6.07, 6.45) is 0.652. The molecular weight excluding hydrogens is 372 g/mol. The van der Waals surface area contributed by atoms with Crippen LogP contribution in [0.15, 0.2) is 41.3 Å². The number of hydrogen-bond acceptors (Lipinski definition) is 3. The monoisotopic (exact) mass is 388 g/mol. The molecule has 1 fully saturated rings. The fourth-order valence-electron chi connectivity index (χ4n) is 2.87. The van der Waals surface area contributed by atoms with E-state index in [1.807, 2.05) is 4.90 Å². The van der Waals surface area contributed by atoms with Crippen LogP contribution < -0.4 is 9.62 Å². The molecule has 0 spiro atoms. The maximum absolute atomic E-state index is 13.3. The van der Waals surface area contributed by atoms with E-state index in [4.69, 9.17) is 0 Å². The van der Waals surface area contributed by atoms with Gasteiger partial charge in [0.25, 0.3) is 0 Å². The Hall–Kier alpha value is -2.13. The summed E-state index contributed by atoms with van der Waals surface area (Å²) in [5.74, 6) is -4.28. The van der Waals surface area contributed by atoms with E-state index in [2.05, 4.69) is 4.72 Å². The summed E-state index contributed by atoms with van der Waals surface area (Å²) in [6, 6.07) is 5.98. The van der Waals surface area contributed by atoms with Gasteiger partial charge in [0.15, 0.2) is 23.3 Å². The predicted molar refractivity (Wildman–Crippen MR) is 88.2 cm³/mol. The topological polar surface area (TPSA) is 49.4 Å². The van der Waals surface area contributed by atoms with Gasteiger partial charge in [-0.25, -0.2) is 30.7 Å². The predicted octanol–water partition coefficient (Wildman–Crippen LogP) is 3.05. The molecule has 1 heterocycles. The highest BCUT2D eigenvalue weighted by atomic mass is 32.2. The van der Waals surface area contributed by atoms with Crippen LogP contribution in [-0.2, 0) is 10.0 Å². The van der Waals surface area contributed by atoms with Crippen molar-refractivity contribution in [3.05, 3.63) is 59.7 Å². The van der Waals surface area contributed by atoms with E-state index in [1.54, 1.807) is 0 Å². The second kappa shape index (κ2) is 7.24. The Balaban J connectivity index is 1.61. The highest BCUT2D eigenvalue weighted by Crippen LogP contribution is 2.25. The molecule has 1 atom stereocenters. The lowest BCUT2D eigenvalue weighted by Gasteiger charge is -2.19. The van der Waals surface area contributed by atoms with Crippen LogP contribution in [0.4, 0.5) is 23.2 Å². The number of rotatable bonds is 5. The van der Waals surface area contributed by atoms with Crippen molar-refractivity contribution in [2.75, 3.05) is 24.5 Å². The molecule has 1 N–H and O–H groups in total. The summed E-state index contributed by atoms with van der Waals surface area (Å²) in [7, 11) is -3.97. The maximum Gasteiger partial charge on any atom is 0.240 e. The molecule has 1 aliphatic rings. The minimum atomic E-state index is -3.97. The molecule has 0 radical (unpaired) electrons. The van der Waals surface area contributed by atoms with Gasteiger partial charge in [-0.1, -0.05) is 0 Å². The summed E-state index contributed by atoms with van der Waals surface area (Å²) in [6.45, 7) is 1.13. The first-order valence-electron chi connectivity index (χ1n) is 7.91. The molecule has 0 aromatic heterocycles. The van der Waals surface area contributed by atoms with Crippen molar-refractivity contribution in [2.45, 2.75) is 11.3 Å². The largest absolute Gasteiger partial charge is 0.371 e. The Morgan fingerprint density at radius 1 is 0.962 bits per heavy atom. The van der Waals surface area contributed by atoms with Gasteiger partial charge in [-0.2, -0.15) is 0 Å². The van der Waals surface area contributed by atoms with E-state index in [1.165, 1.54) is 6.07 Å². The van der Waals surface area contributed by atoms with Crippen LogP contribution in [-0.4, -0.2) is 28.1 Å². The van der Waals surface area contributed by atoms with Crippen LogP contribution in [0.25, 0.3) is 0 Å². The second-order valence-corrected chi connectivity index (χ2v) is 7.89. The molecule has 26 heavy (non-hydrogen) atoms. The molecule has 3 rings (SSSR count). The lowest BCUT2D eigenvalue weighted by atomic mass is 10.1. The van der Waals surface area contributed by atoms with Gasteiger partial charge < -0.3 is 4.90 Å². The van der Waals surface area contributed by atoms with E-state index in [9.17, 15) is 26.0 Å². The maximum atomic E-state index is 13.3. The Morgan fingerprint density at radius 2 is 1.62 bits per heavy atom. The zero-order chi connectivity index (χ0) is 18.9. The fourth-order valence-corrected chi connectivity index (χ4v) is 4.00. The number of nitrogens with zero attached hydrogens (tertiary/aromatic N) is 1. The van der Waals surface area contributed by atoms with Gasteiger partial charge in [-0.15, -0.1) is 0 Å². The quantitative estimate of drug-likeness (QED) is 0.801. The molecule has 0 aliphatic carbocycles. The van der Waals surface area contributed by atoms with Crippen LogP contribution in [0.2, 0.25) is 0 Å². The van der Waals surface area contributed by atoms with Crippen molar-refractivity contribution in [1.29, 1.82) is 0 Å². The number of halogens is 4. The van der Waals surface area contributed by atoms with Gasteiger partial charge in [0.2, 0.25) is 10.0 Å². The molecule has 0 saturated carbocycles. The minimum Gasteiger partial charge on any atom is -0.371 e. The first-order valence-corrected chi connectivity index (χ1v) is 9.39. The van der Waals surface area contributed by atoms with E-state index in [0.717, 1.165) is 24.3 Å². The highest BCUT2D eigenvalue weighted by molar-refractivity contribution is 7.89. The van der Waals surface area contributed by atoms with Crippen molar-refractivity contribution in [3.8, 4) is 0 Å². The lowest BCUT2D eigenvalue weighted by molar-refractivity contribution is 0.503. The van der Waals surface area contributed by atoms with Crippen molar-refractivity contribution in [2.24, 2.45) is 5.92 Å². The molecule has 2 aromatic carbocycles. The summed E-state index contributed by atoms with van der Waals surface area (Å²) in [5, 5.41) is 0. The van der Waals surface area contributed by atoms with Crippen LogP contribution in [0.5, 0.6) is 0 Å². The SMILES string of the molecule is O=S(=O)(NCC1CCN(c2ccc(F)c(F)c2)C1)c1ccc(F)c(F)c1. The van der Waals surface area contributed by atoms with Crippen molar-refractivity contribution in [1.82, 2.24) is 4.72 Å². The normalized spacial score (nSPS) is 17.7. The van der Waals surface area contributed by atoms with E-state index < -0.39 is 33.3 Å². The standard InChI is InChI=1S/C17H16F4N2O2S/c18-14-3-1-12(7-16(14)20)23-6-5-11(10-23)9-22-26(24,25)13-2-4-15(19)17(21)8-13/h1-4,7-8,11,22H,5-6,9-10H2. The van der Waals surface area contributed by atoms with Gasteiger partial charge in [0.1, 0.15) is 0 Å². The van der Waals surface area contributed by atoms with Gasteiger partial charge in [-0.05, 0) is 42.7 Å². The number of hydrogen-bond donors (Lipinski definition) is 1. The Kier molecular flexibility index (Phi) is 5.19. The molecule has 1 aliphatic heterocycles. The molecule has 0 amide bonds. The molecule has 9 heteroatoms. The molecule has 4 nitrogen and oxygen atoms in total. The summed E-state index contributed by atoms with van der Waals surface area (Å²) < 4.78 is 79.2. The van der Waals surface area contributed by atoms with E-state index in [0.29, 0.717) is 31.3 Å². The van der Waals surface area contributed by atoms with Gasteiger partial charge in [0.05, 0.1) is 4.90 Å². The first-order chi connectivity index (χ1) is 12.3. The summed E-state index contributed by atoms with van der Waals surface area (Å²) in [4.78, 5) is 1.48. The zero-order valence-corrected chi connectivity index (χ0v) is 14.4. The third-order valence-electron chi connectivity index (χ3n) is 4.32. The van der Waals surface area contributed by atoms with Crippen molar-refractivity contribution < 1.29 is 26.0 Å². The smallest absolute Gasteiger partial charge is 0.240 e. The lowest BCUT2D eigenvalue weighted by Crippen LogP contribution is -2.31. The molecule has 2 aromatic rings. The second-order valence-electron chi connectivity index (χ2n) is 6.13. The third-order valence-corrected chi connectivity index (χ3v) is 5.74. The number of anilines is 1. The fraction of sp³-hybridized carbons (Fsp3) is 0.294. The first kappa shape index (κ1) is 18.7. The average molecular weight is 388 g/mol. The Morgan fingerprint density at radius 3 is 2.27 bits per heavy atom. The molecule has 1 unspecified atom stereocenters. The van der Waals surface area contributed by atoms with Gasteiger partial charge >= 0.3 is 0 Å². The Labute approximate surface area is 148 Å². The third kappa shape index (κ3) is 3.99. The molecule has 1 saturated heterocycles. The van der Waals surface area contributed by atoms with Crippen LogP contribution in [0, 0.1) is 29.2 Å². The van der Waals surface area contributed by atoms with Crippen LogP contribution in [0.3, 0.4) is 0 Å². The van der Waals surface area contributed by atoms with Crippen molar-refractivity contribution >= 4 is 15.7 Å². The zero-order valence-electron chi connectivity index (χ0n) is 13.6. The molecule has 140 valence electrons. The summed E-state index contributed by atoms with van der Waals surface area (Å²) in [5.41, 5.74) is 0.523. The molecular formula is C17H16F4N2O2S. The van der Waals surface area contributed by atoms with Crippen molar-refractivity contribution in [3.63, 3.8) is 0 Å². The van der Waals surface area contributed by atoms with E-state index >= 15 is 0 Å². The Bertz CT molecular complexity index is 921. The number of nitrogens with one attached hydrogen (secondary N) is 1. The summed E-state index contributed by atoms with van der Waals surface area (Å²) >= 11 is 0. The highest BCUT2D eigenvalue weighted by Gasteiger charge is 2.25. The number of sulfonamides is 1. The number of benzene rings is 2. The van der Waals surface area contributed by atoms with Gasteiger partial charge in [-0.3, -0.25) is 0 Å². The van der Waals surface area contributed by atoms with Gasteiger partial charge in [0, 0.05) is 31.4 Å². The minimum absolute atomic E-state index is 0.0526. The molecule has 0 bridgehead atoms. The van der Waals surface area contributed by atoms with Crippen LogP contribution >= 0.6 is 0 Å².